The summed E-state index contributed by atoms with van der Waals surface area (Å²) in [4.78, 5) is 1.24. The summed E-state index contributed by atoms with van der Waals surface area (Å²) in [6, 6.07) is 8.05. The fourth-order valence-corrected chi connectivity index (χ4v) is 4.03. The van der Waals surface area contributed by atoms with Gasteiger partial charge in [0.25, 0.3) is 0 Å². The van der Waals surface area contributed by atoms with Crippen LogP contribution in [0.5, 0.6) is 0 Å². The SMILES string of the molecule is SCC1(CSc2cccc(Cl)c2)CCOCC1. The van der Waals surface area contributed by atoms with Crippen molar-refractivity contribution in [2.75, 3.05) is 24.7 Å². The number of hydrogen-bond donors (Lipinski definition) is 1. The van der Waals surface area contributed by atoms with E-state index in [1.54, 1.807) is 0 Å². The number of benzene rings is 1. The van der Waals surface area contributed by atoms with E-state index in [1.807, 2.05) is 30.0 Å². The van der Waals surface area contributed by atoms with Gasteiger partial charge in [0, 0.05) is 28.9 Å². The van der Waals surface area contributed by atoms with E-state index in [0.29, 0.717) is 5.41 Å². The zero-order valence-electron chi connectivity index (χ0n) is 9.69. The van der Waals surface area contributed by atoms with Crippen LogP contribution in [0.15, 0.2) is 29.2 Å². The fourth-order valence-electron chi connectivity index (χ4n) is 1.95. The zero-order valence-corrected chi connectivity index (χ0v) is 12.2. The van der Waals surface area contributed by atoms with Crippen molar-refractivity contribution in [1.29, 1.82) is 0 Å². The molecule has 0 amide bonds. The summed E-state index contributed by atoms with van der Waals surface area (Å²) < 4.78 is 5.43. The Bertz CT molecular complexity index is 364. The van der Waals surface area contributed by atoms with Crippen LogP contribution in [-0.2, 0) is 4.74 Å². The minimum atomic E-state index is 0.328. The Hall–Kier alpha value is 0.170. The first-order chi connectivity index (χ1) is 8.24. The van der Waals surface area contributed by atoms with Gasteiger partial charge in [-0.3, -0.25) is 0 Å². The molecule has 0 bridgehead atoms. The Morgan fingerprint density at radius 1 is 1.35 bits per heavy atom. The van der Waals surface area contributed by atoms with E-state index >= 15 is 0 Å². The summed E-state index contributed by atoms with van der Waals surface area (Å²) in [6.07, 6.45) is 2.23. The average Bonchev–Trinajstić information content (AvgIpc) is 2.38. The number of ether oxygens (including phenoxy) is 1. The Labute approximate surface area is 118 Å². The first-order valence-electron chi connectivity index (χ1n) is 5.81. The molecule has 1 fully saturated rings. The van der Waals surface area contributed by atoms with Gasteiger partial charge in [0.15, 0.2) is 0 Å². The standard InChI is InChI=1S/C13H17ClOS2/c14-11-2-1-3-12(8-11)17-10-13(9-16)4-6-15-7-5-13/h1-3,8,16H,4-7,9-10H2. The van der Waals surface area contributed by atoms with Crippen molar-refractivity contribution in [1.82, 2.24) is 0 Å². The van der Waals surface area contributed by atoms with Crippen LogP contribution in [0.25, 0.3) is 0 Å². The fraction of sp³-hybridized carbons (Fsp3) is 0.538. The van der Waals surface area contributed by atoms with E-state index in [1.165, 1.54) is 4.90 Å². The zero-order chi connectivity index (χ0) is 12.1. The first kappa shape index (κ1) is 13.6. The van der Waals surface area contributed by atoms with Crippen LogP contribution in [0.2, 0.25) is 5.02 Å². The molecule has 1 nitrogen and oxygen atoms in total. The molecule has 0 unspecified atom stereocenters. The lowest BCUT2D eigenvalue weighted by Crippen LogP contribution is -2.33. The second-order valence-corrected chi connectivity index (χ2v) is 6.32. The van der Waals surface area contributed by atoms with Crippen LogP contribution < -0.4 is 0 Å². The van der Waals surface area contributed by atoms with Crippen LogP contribution >= 0.6 is 36.0 Å². The molecular weight excluding hydrogens is 272 g/mol. The molecule has 0 spiro atoms. The first-order valence-corrected chi connectivity index (χ1v) is 7.81. The van der Waals surface area contributed by atoms with Crippen LogP contribution in [0.1, 0.15) is 12.8 Å². The third-order valence-electron chi connectivity index (χ3n) is 3.23. The highest BCUT2D eigenvalue weighted by Gasteiger charge is 2.31. The number of rotatable bonds is 4. The van der Waals surface area contributed by atoms with E-state index in [4.69, 9.17) is 16.3 Å². The summed E-state index contributed by atoms with van der Waals surface area (Å²) in [5.74, 6) is 2.03. The van der Waals surface area contributed by atoms with Gasteiger partial charge in [-0.15, -0.1) is 11.8 Å². The van der Waals surface area contributed by atoms with Crippen LogP contribution in [0.4, 0.5) is 0 Å². The van der Waals surface area contributed by atoms with Gasteiger partial charge < -0.3 is 4.74 Å². The minimum absolute atomic E-state index is 0.328. The quantitative estimate of drug-likeness (QED) is 0.658. The van der Waals surface area contributed by atoms with E-state index in [9.17, 15) is 0 Å². The molecule has 17 heavy (non-hydrogen) atoms. The van der Waals surface area contributed by atoms with Crippen molar-refractivity contribution in [3.8, 4) is 0 Å². The third-order valence-corrected chi connectivity index (χ3v) is 5.48. The van der Waals surface area contributed by atoms with Crippen molar-refractivity contribution < 1.29 is 4.74 Å². The lowest BCUT2D eigenvalue weighted by molar-refractivity contribution is 0.0371. The van der Waals surface area contributed by atoms with Gasteiger partial charge in [0.05, 0.1) is 0 Å². The molecular formula is C13H17ClOS2. The third kappa shape index (κ3) is 3.82. The molecule has 0 radical (unpaired) electrons. The lowest BCUT2D eigenvalue weighted by Gasteiger charge is -2.35. The summed E-state index contributed by atoms with van der Waals surface area (Å²) in [6.45, 7) is 1.74. The smallest absolute Gasteiger partial charge is 0.0471 e. The molecule has 0 aromatic heterocycles. The monoisotopic (exact) mass is 288 g/mol. The second kappa shape index (κ2) is 6.37. The average molecular weight is 289 g/mol. The van der Waals surface area contributed by atoms with Crippen LogP contribution in [0.3, 0.4) is 0 Å². The largest absolute Gasteiger partial charge is 0.381 e. The molecule has 2 rings (SSSR count). The maximum Gasteiger partial charge on any atom is 0.0471 e. The van der Waals surface area contributed by atoms with Gasteiger partial charge in [-0.25, -0.2) is 0 Å². The maximum absolute atomic E-state index is 5.99. The normalized spacial score (nSPS) is 19.2. The van der Waals surface area contributed by atoms with Crippen molar-refractivity contribution in [3.05, 3.63) is 29.3 Å². The molecule has 4 heteroatoms. The van der Waals surface area contributed by atoms with Crippen molar-refractivity contribution in [3.63, 3.8) is 0 Å². The van der Waals surface area contributed by atoms with Crippen LogP contribution in [-0.4, -0.2) is 24.7 Å². The molecule has 1 aliphatic rings. The highest BCUT2D eigenvalue weighted by atomic mass is 35.5. The Balaban J connectivity index is 1.95. The van der Waals surface area contributed by atoms with Crippen LogP contribution in [0, 0.1) is 5.41 Å². The Morgan fingerprint density at radius 3 is 2.76 bits per heavy atom. The predicted octanol–water partition coefficient (Wildman–Crippen LogP) is 4.16. The predicted molar refractivity (Wildman–Crippen MR) is 78.5 cm³/mol. The van der Waals surface area contributed by atoms with E-state index in [0.717, 1.165) is 42.6 Å². The van der Waals surface area contributed by atoms with Gasteiger partial charge in [0.2, 0.25) is 0 Å². The number of hydrogen-bond acceptors (Lipinski definition) is 3. The molecule has 0 aliphatic carbocycles. The number of thiol groups is 1. The maximum atomic E-state index is 5.99. The van der Waals surface area contributed by atoms with E-state index < -0.39 is 0 Å². The highest BCUT2D eigenvalue weighted by Crippen LogP contribution is 2.37. The molecule has 1 aromatic carbocycles. The molecule has 94 valence electrons. The summed E-state index contributed by atoms with van der Waals surface area (Å²) >= 11 is 12.4. The minimum Gasteiger partial charge on any atom is -0.381 e. The number of thioether (sulfide) groups is 1. The van der Waals surface area contributed by atoms with Gasteiger partial charge in [-0.1, -0.05) is 17.7 Å². The highest BCUT2D eigenvalue weighted by molar-refractivity contribution is 7.99. The van der Waals surface area contributed by atoms with Crippen molar-refractivity contribution in [2.24, 2.45) is 5.41 Å². The molecule has 0 N–H and O–H groups in total. The van der Waals surface area contributed by atoms with Gasteiger partial charge in [-0.05, 0) is 42.2 Å². The Kier molecular flexibility index (Phi) is 5.10. The van der Waals surface area contributed by atoms with E-state index in [2.05, 4.69) is 18.7 Å². The van der Waals surface area contributed by atoms with Crippen molar-refractivity contribution >= 4 is 36.0 Å². The second-order valence-electron chi connectivity index (χ2n) is 4.52. The number of halogens is 1. The molecule has 1 aliphatic heterocycles. The topological polar surface area (TPSA) is 9.23 Å². The summed E-state index contributed by atoms with van der Waals surface area (Å²) in [5.41, 5.74) is 0.328. The lowest BCUT2D eigenvalue weighted by atomic mass is 9.84. The summed E-state index contributed by atoms with van der Waals surface area (Å²) in [5, 5.41) is 0.807. The van der Waals surface area contributed by atoms with Gasteiger partial charge >= 0.3 is 0 Å². The van der Waals surface area contributed by atoms with Crippen molar-refractivity contribution in [2.45, 2.75) is 17.7 Å². The van der Waals surface area contributed by atoms with Gasteiger partial charge in [-0.2, -0.15) is 12.6 Å². The molecule has 0 atom stereocenters. The molecule has 1 heterocycles. The van der Waals surface area contributed by atoms with Gasteiger partial charge in [0.1, 0.15) is 0 Å². The molecule has 1 saturated heterocycles. The Morgan fingerprint density at radius 2 is 2.12 bits per heavy atom. The molecule has 1 aromatic rings. The summed E-state index contributed by atoms with van der Waals surface area (Å²) in [7, 11) is 0. The molecule has 0 saturated carbocycles. The van der Waals surface area contributed by atoms with E-state index in [-0.39, 0.29) is 0 Å².